The summed E-state index contributed by atoms with van der Waals surface area (Å²) in [5, 5.41) is 4.25. The van der Waals surface area contributed by atoms with E-state index in [9.17, 15) is 0 Å². The molecule has 2 N–H and O–H groups in total. The zero-order valence-electron chi connectivity index (χ0n) is 16.8. The van der Waals surface area contributed by atoms with E-state index in [-0.39, 0.29) is 17.0 Å². The molecule has 0 saturated carbocycles. The summed E-state index contributed by atoms with van der Waals surface area (Å²) >= 11 is 0. The Bertz CT molecular complexity index is 899. The van der Waals surface area contributed by atoms with Gasteiger partial charge in [-0.15, -0.1) is 0 Å². The van der Waals surface area contributed by atoms with Crippen LogP contribution in [-0.2, 0) is 0 Å². The van der Waals surface area contributed by atoms with Crippen molar-refractivity contribution in [2.45, 2.75) is 0 Å². The molecule has 0 aliphatic carbocycles. The summed E-state index contributed by atoms with van der Waals surface area (Å²) < 4.78 is 0. The minimum Gasteiger partial charge on any atom is -1.00 e. The van der Waals surface area contributed by atoms with Crippen molar-refractivity contribution in [2.75, 3.05) is 18.1 Å². The van der Waals surface area contributed by atoms with Gasteiger partial charge >= 0.3 is 0 Å². The molecule has 0 bridgehead atoms. The molecule has 0 atom stereocenters. The van der Waals surface area contributed by atoms with E-state index >= 15 is 0 Å². The Balaban J connectivity index is 0.00000256. The fourth-order valence-electron chi connectivity index (χ4n) is 3.79. The monoisotopic (exact) mass is 476 g/mol. The Morgan fingerprint density at radius 1 is 0.500 bits per heavy atom. The highest BCUT2D eigenvalue weighted by molar-refractivity contribution is 7.95. The topological polar surface area (TPSA) is 24.1 Å². The molecule has 0 radical (unpaired) electrons. The van der Waals surface area contributed by atoms with Crippen LogP contribution >= 0.6 is 7.26 Å². The smallest absolute Gasteiger partial charge is 0.113 e. The van der Waals surface area contributed by atoms with Crippen LogP contribution in [0, 0.1) is 0 Å². The van der Waals surface area contributed by atoms with Crippen molar-refractivity contribution in [3.63, 3.8) is 0 Å². The molecule has 4 aromatic carbocycles. The van der Waals surface area contributed by atoms with Crippen LogP contribution in [0.5, 0.6) is 0 Å². The fourth-order valence-corrected chi connectivity index (χ4v) is 7.95. The minimum atomic E-state index is -1.78. The predicted molar refractivity (Wildman–Crippen MR) is 128 cm³/mol. The fraction of sp³-hybridized carbons (Fsp3) is 0.0769. The van der Waals surface area contributed by atoms with E-state index in [0.717, 1.165) is 18.4 Å². The first-order chi connectivity index (χ1) is 14.4. The summed E-state index contributed by atoms with van der Waals surface area (Å²) in [6, 6.07) is 43.2. The lowest BCUT2D eigenvalue weighted by molar-refractivity contribution is -0.00000563. The van der Waals surface area contributed by atoms with Crippen LogP contribution in [0.1, 0.15) is 0 Å². The van der Waals surface area contributed by atoms with E-state index < -0.39 is 7.26 Å². The second-order valence-electron chi connectivity index (χ2n) is 6.96. The Morgan fingerprint density at radius 2 is 0.867 bits per heavy atom. The first-order valence-electron chi connectivity index (χ1n) is 9.98. The Hall–Kier alpha value is -2.45. The number of hydrazine groups is 1. The molecule has 0 unspecified atom stereocenters. The van der Waals surface area contributed by atoms with E-state index in [0.29, 0.717) is 0 Å². The summed E-state index contributed by atoms with van der Waals surface area (Å²) in [7, 11) is -1.78. The third-order valence-electron chi connectivity index (χ3n) is 5.17. The van der Waals surface area contributed by atoms with Crippen LogP contribution in [-0.4, -0.2) is 12.7 Å². The van der Waals surface area contributed by atoms with Gasteiger partial charge in [-0.1, -0.05) is 72.8 Å². The second kappa shape index (κ2) is 11.1. The summed E-state index contributed by atoms with van der Waals surface area (Å²) in [6.45, 7) is 0.862. The number of benzene rings is 4. The number of rotatable bonds is 8. The van der Waals surface area contributed by atoms with Gasteiger partial charge in [-0.3, -0.25) is 0 Å². The summed E-state index contributed by atoms with van der Waals surface area (Å²) in [5.41, 5.74) is 7.86. The normalized spacial score (nSPS) is 10.8. The molecule has 0 spiro atoms. The Kier molecular flexibility index (Phi) is 8.21. The molecule has 0 aliphatic heterocycles. The maximum atomic E-state index is 3.44. The molecule has 4 aromatic rings. The number of hydrogen-bond acceptors (Lipinski definition) is 2. The number of hydrogen-bond donors (Lipinski definition) is 2. The Labute approximate surface area is 190 Å². The zero-order chi connectivity index (χ0) is 19.8. The zero-order valence-corrected chi connectivity index (χ0v) is 19.3. The lowest BCUT2D eigenvalue weighted by Gasteiger charge is -2.28. The maximum absolute atomic E-state index is 3.44. The summed E-state index contributed by atoms with van der Waals surface area (Å²) in [6.07, 6.45) is 1.03. The van der Waals surface area contributed by atoms with Crippen molar-refractivity contribution in [2.24, 2.45) is 0 Å². The number of nitrogens with one attached hydrogen (secondary N) is 2. The molecule has 0 saturated heterocycles. The lowest BCUT2D eigenvalue weighted by atomic mass is 10.3. The average Bonchev–Trinajstić information content (AvgIpc) is 2.82. The third-order valence-corrected chi connectivity index (χ3v) is 9.60. The molecular formula is C26H26BrN2P. The quantitative estimate of drug-likeness (QED) is 0.229. The molecule has 0 amide bonds. The summed E-state index contributed by atoms with van der Waals surface area (Å²) in [4.78, 5) is 0. The van der Waals surface area contributed by atoms with Gasteiger partial charge in [0.15, 0.2) is 0 Å². The van der Waals surface area contributed by atoms with Crippen molar-refractivity contribution >= 4 is 28.9 Å². The van der Waals surface area contributed by atoms with E-state index in [1.165, 1.54) is 15.9 Å². The van der Waals surface area contributed by atoms with Gasteiger partial charge in [0.1, 0.15) is 23.2 Å². The van der Waals surface area contributed by atoms with Crippen LogP contribution in [0.25, 0.3) is 0 Å². The van der Waals surface area contributed by atoms with Crippen molar-refractivity contribution < 1.29 is 17.0 Å². The first kappa shape index (κ1) is 22.2. The van der Waals surface area contributed by atoms with Crippen molar-refractivity contribution in [1.82, 2.24) is 5.43 Å². The van der Waals surface area contributed by atoms with E-state index in [4.69, 9.17) is 0 Å². The molecule has 0 heterocycles. The highest BCUT2D eigenvalue weighted by Crippen LogP contribution is 2.54. The summed E-state index contributed by atoms with van der Waals surface area (Å²) in [5.74, 6) is 0. The predicted octanol–water partition coefficient (Wildman–Crippen LogP) is 1.60. The lowest BCUT2D eigenvalue weighted by Crippen LogP contribution is -3.00. The maximum Gasteiger partial charge on any atom is 0.113 e. The van der Waals surface area contributed by atoms with E-state index in [2.05, 4.69) is 114 Å². The highest BCUT2D eigenvalue weighted by Gasteiger charge is 2.44. The SMILES string of the molecule is [Br-].c1ccc(NNCC[P+](c2ccccc2)(c2ccccc2)c2ccccc2)cc1. The van der Waals surface area contributed by atoms with Crippen LogP contribution in [0.15, 0.2) is 121 Å². The average molecular weight is 477 g/mol. The van der Waals surface area contributed by atoms with Crippen molar-refractivity contribution in [3.05, 3.63) is 121 Å². The van der Waals surface area contributed by atoms with Crippen LogP contribution in [0.2, 0.25) is 0 Å². The van der Waals surface area contributed by atoms with Gasteiger partial charge in [-0.05, 0) is 48.5 Å². The molecule has 0 fully saturated rings. The number of halogens is 1. The highest BCUT2D eigenvalue weighted by atomic mass is 79.9. The third kappa shape index (κ3) is 4.99. The number of anilines is 1. The molecule has 2 nitrogen and oxygen atoms in total. The van der Waals surface area contributed by atoms with Gasteiger partial charge in [0.05, 0.1) is 6.16 Å². The van der Waals surface area contributed by atoms with Gasteiger partial charge < -0.3 is 22.4 Å². The molecule has 0 aromatic heterocycles. The van der Waals surface area contributed by atoms with Gasteiger partial charge in [0.25, 0.3) is 0 Å². The van der Waals surface area contributed by atoms with Gasteiger partial charge in [-0.25, -0.2) is 5.43 Å². The molecule has 152 valence electrons. The first-order valence-corrected chi connectivity index (χ1v) is 12.0. The molecule has 30 heavy (non-hydrogen) atoms. The van der Waals surface area contributed by atoms with E-state index in [1.54, 1.807) is 0 Å². The standard InChI is InChI=1S/C26H26N2P.BrH/c1-5-13-23(14-6-1)28-27-21-22-29(24-15-7-2-8-16-24,25-17-9-3-10-18-25)26-19-11-4-12-20-26;/h1-20,27-28H,21-22H2;1H/q+1;/p-1. The van der Waals surface area contributed by atoms with Crippen LogP contribution in [0.4, 0.5) is 5.69 Å². The molecule has 0 aliphatic rings. The molecular weight excluding hydrogens is 451 g/mol. The van der Waals surface area contributed by atoms with Gasteiger partial charge in [-0.2, -0.15) is 0 Å². The van der Waals surface area contributed by atoms with E-state index in [1.807, 2.05) is 18.2 Å². The van der Waals surface area contributed by atoms with Crippen molar-refractivity contribution in [3.8, 4) is 0 Å². The number of para-hydroxylation sites is 1. The van der Waals surface area contributed by atoms with Crippen LogP contribution < -0.4 is 43.7 Å². The largest absolute Gasteiger partial charge is 1.00 e. The van der Waals surface area contributed by atoms with Crippen LogP contribution in [0.3, 0.4) is 0 Å². The molecule has 4 rings (SSSR count). The minimum absolute atomic E-state index is 0. The van der Waals surface area contributed by atoms with Crippen molar-refractivity contribution in [1.29, 1.82) is 0 Å². The Morgan fingerprint density at radius 3 is 1.27 bits per heavy atom. The van der Waals surface area contributed by atoms with Gasteiger partial charge in [0.2, 0.25) is 0 Å². The van der Waals surface area contributed by atoms with Gasteiger partial charge in [0, 0.05) is 12.2 Å². The second-order valence-corrected chi connectivity index (χ2v) is 10.6. The molecule has 4 heteroatoms.